The number of benzene rings is 1. The van der Waals surface area contributed by atoms with E-state index in [1.807, 2.05) is 17.3 Å². The van der Waals surface area contributed by atoms with Crippen molar-refractivity contribution in [3.05, 3.63) is 47.2 Å². The van der Waals surface area contributed by atoms with Crippen LogP contribution in [0, 0.1) is 0 Å². The van der Waals surface area contributed by atoms with E-state index in [0.717, 1.165) is 43.0 Å². The van der Waals surface area contributed by atoms with Gasteiger partial charge in [-0.05, 0) is 17.4 Å². The van der Waals surface area contributed by atoms with E-state index in [0.29, 0.717) is 0 Å². The number of nitrogens with one attached hydrogen (secondary N) is 1. The van der Waals surface area contributed by atoms with E-state index in [1.54, 1.807) is 11.8 Å². The van der Waals surface area contributed by atoms with Crippen LogP contribution in [0.4, 0.5) is 0 Å². The third kappa shape index (κ3) is 2.98. The van der Waals surface area contributed by atoms with Crippen LogP contribution in [0.15, 0.2) is 51.6 Å². The molecule has 23 heavy (non-hydrogen) atoms. The summed E-state index contributed by atoms with van der Waals surface area (Å²) in [6.45, 7) is 3.42. The lowest BCUT2D eigenvalue weighted by atomic mass is 10.0. The van der Waals surface area contributed by atoms with E-state index < -0.39 is 0 Å². The van der Waals surface area contributed by atoms with Gasteiger partial charge in [-0.3, -0.25) is 10.3 Å². The van der Waals surface area contributed by atoms with Crippen LogP contribution in [0.3, 0.4) is 0 Å². The van der Waals surface area contributed by atoms with Crippen LogP contribution in [-0.2, 0) is 6.54 Å². The Morgan fingerprint density at radius 2 is 2.09 bits per heavy atom. The Hall–Kier alpha value is -1.50. The largest absolute Gasteiger partial charge is 0.293 e. The summed E-state index contributed by atoms with van der Waals surface area (Å²) < 4.78 is 0. The van der Waals surface area contributed by atoms with Crippen molar-refractivity contribution in [2.75, 3.05) is 25.9 Å². The number of rotatable bonds is 2. The van der Waals surface area contributed by atoms with Crippen LogP contribution in [-0.4, -0.2) is 52.3 Å². The zero-order valence-electron chi connectivity index (χ0n) is 12.9. The molecule has 0 radical (unpaired) electrons. The highest BCUT2D eigenvalue weighted by Crippen LogP contribution is 2.29. The average Bonchev–Trinajstić information content (AvgIpc) is 2.96. The van der Waals surface area contributed by atoms with Gasteiger partial charge in [0.2, 0.25) is 5.96 Å². The monoisotopic (exact) mass is 347 g/mol. The van der Waals surface area contributed by atoms with Crippen LogP contribution in [0.1, 0.15) is 5.56 Å². The predicted molar refractivity (Wildman–Crippen MR) is 96.6 cm³/mol. The minimum Gasteiger partial charge on any atom is -0.293 e. The quantitative estimate of drug-likeness (QED) is 0.833. The molecule has 3 heterocycles. The first-order valence-electron chi connectivity index (χ1n) is 7.61. The van der Waals surface area contributed by atoms with Crippen molar-refractivity contribution in [3.8, 4) is 0 Å². The van der Waals surface area contributed by atoms with Gasteiger partial charge in [-0.2, -0.15) is 4.99 Å². The lowest BCUT2D eigenvalue weighted by Crippen LogP contribution is -2.47. The molecule has 0 aromatic heterocycles. The van der Waals surface area contributed by atoms with Crippen molar-refractivity contribution >= 4 is 34.5 Å². The molecule has 0 fully saturated rings. The molecule has 1 N–H and O–H groups in total. The predicted octanol–water partition coefficient (Wildman–Crippen LogP) is 2.27. The highest BCUT2D eigenvalue weighted by atomic mass is 35.5. The van der Waals surface area contributed by atoms with E-state index in [4.69, 9.17) is 11.6 Å². The fourth-order valence-electron chi connectivity index (χ4n) is 3.12. The van der Waals surface area contributed by atoms with Gasteiger partial charge < -0.3 is 0 Å². The van der Waals surface area contributed by atoms with Gasteiger partial charge in [-0.15, -0.1) is 11.6 Å². The van der Waals surface area contributed by atoms with E-state index in [2.05, 4.69) is 44.6 Å². The first kappa shape index (κ1) is 15.1. The number of guanidine groups is 1. The Kier molecular flexibility index (Phi) is 4.05. The maximum atomic E-state index is 6.61. The summed E-state index contributed by atoms with van der Waals surface area (Å²) in [6, 6.07) is 10.5. The summed E-state index contributed by atoms with van der Waals surface area (Å²) in [4.78, 5) is 11.6. The van der Waals surface area contributed by atoms with Crippen LogP contribution in [0.5, 0.6) is 0 Å². The number of hydrogen-bond donors (Lipinski definition) is 1. The van der Waals surface area contributed by atoms with Gasteiger partial charge in [-0.1, -0.05) is 42.1 Å². The van der Waals surface area contributed by atoms with Crippen LogP contribution in [0.25, 0.3) is 0 Å². The standard InChI is InChI=1S/C16H18ClN5S/c1-23-16-19-15-18-14-12(9-22(15)20-16)8-21(10-13(14)17)7-11-5-3-2-4-6-11/h2-6,13H,7-10H2,1H3,(H,18,19,20). The topological polar surface area (TPSA) is 43.2 Å². The van der Waals surface area contributed by atoms with Gasteiger partial charge in [0.05, 0.1) is 17.6 Å². The molecule has 0 saturated carbocycles. The first-order valence-corrected chi connectivity index (χ1v) is 9.27. The summed E-state index contributed by atoms with van der Waals surface area (Å²) in [5.74, 6) is 0.732. The van der Waals surface area contributed by atoms with Gasteiger partial charge in [0.1, 0.15) is 0 Å². The van der Waals surface area contributed by atoms with E-state index in [1.165, 1.54) is 11.1 Å². The molecule has 0 saturated heterocycles. The number of nitrogens with zero attached hydrogens (tertiary/aromatic N) is 4. The molecule has 4 rings (SSSR count). The molecule has 1 aromatic carbocycles. The smallest absolute Gasteiger partial charge is 0.247 e. The number of aliphatic imine (C=N–C) groups is 2. The number of halogens is 1. The first-order chi connectivity index (χ1) is 11.2. The Labute approximate surface area is 145 Å². The minimum absolute atomic E-state index is 0.0781. The Balaban J connectivity index is 1.53. The number of hydrazine groups is 1. The molecule has 0 spiro atoms. The molecule has 5 nitrogen and oxygen atoms in total. The van der Waals surface area contributed by atoms with E-state index >= 15 is 0 Å². The fraction of sp³-hybridized carbons (Fsp3) is 0.375. The lowest BCUT2D eigenvalue weighted by Gasteiger charge is -2.36. The van der Waals surface area contributed by atoms with Crippen molar-refractivity contribution < 1.29 is 0 Å². The zero-order valence-corrected chi connectivity index (χ0v) is 14.4. The summed E-state index contributed by atoms with van der Waals surface area (Å²) in [6.07, 6.45) is 2.00. The van der Waals surface area contributed by atoms with E-state index in [-0.39, 0.29) is 5.38 Å². The molecule has 0 aliphatic carbocycles. The molecule has 1 aromatic rings. The Bertz CT molecular complexity index is 700. The molecule has 1 unspecified atom stereocenters. The number of amidine groups is 1. The van der Waals surface area contributed by atoms with Gasteiger partial charge >= 0.3 is 0 Å². The van der Waals surface area contributed by atoms with Crippen molar-refractivity contribution in [3.63, 3.8) is 0 Å². The summed E-state index contributed by atoms with van der Waals surface area (Å²) >= 11 is 8.20. The molecular weight excluding hydrogens is 330 g/mol. The summed E-state index contributed by atoms with van der Waals surface area (Å²) in [5, 5.41) is 2.81. The number of hydrogen-bond acceptors (Lipinski definition) is 6. The van der Waals surface area contributed by atoms with Crippen LogP contribution in [0.2, 0.25) is 0 Å². The Morgan fingerprint density at radius 3 is 2.87 bits per heavy atom. The maximum Gasteiger partial charge on any atom is 0.247 e. The van der Waals surface area contributed by atoms with Crippen LogP contribution < -0.4 is 5.43 Å². The number of fused-ring (bicyclic) bond motifs is 1. The fourth-order valence-corrected chi connectivity index (χ4v) is 3.89. The molecule has 0 bridgehead atoms. The zero-order chi connectivity index (χ0) is 15.8. The number of thioether (sulfide) groups is 1. The SMILES string of the molecule is CSC1=NC2=NC3=C(CN(Cc4ccccc4)CC3Cl)CN2N1. The maximum absolute atomic E-state index is 6.61. The third-order valence-electron chi connectivity index (χ3n) is 4.18. The molecule has 7 heteroatoms. The highest BCUT2D eigenvalue weighted by Gasteiger charge is 2.34. The van der Waals surface area contributed by atoms with Gasteiger partial charge in [0.25, 0.3) is 0 Å². The molecule has 120 valence electrons. The number of alkyl halides is 1. The third-order valence-corrected chi connectivity index (χ3v) is 5.09. The Morgan fingerprint density at radius 1 is 1.26 bits per heavy atom. The average molecular weight is 348 g/mol. The normalized spacial score (nSPS) is 23.9. The van der Waals surface area contributed by atoms with E-state index in [9.17, 15) is 0 Å². The molecule has 1 atom stereocenters. The lowest BCUT2D eigenvalue weighted by molar-refractivity contribution is 0.263. The van der Waals surface area contributed by atoms with Crippen molar-refractivity contribution in [1.82, 2.24) is 15.3 Å². The second-order valence-electron chi connectivity index (χ2n) is 5.84. The van der Waals surface area contributed by atoms with Crippen molar-refractivity contribution in [1.29, 1.82) is 0 Å². The van der Waals surface area contributed by atoms with Gasteiger partial charge in [0, 0.05) is 19.6 Å². The molecular formula is C16H18ClN5S. The second kappa shape index (κ2) is 6.19. The minimum atomic E-state index is -0.0781. The molecule has 3 aliphatic heterocycles. The van der Waals surface area contributed by atoms with Crippen molar-refractivity contribution in [2.24, 2.45) is 9.98 Å². The van der Waals surface area contributed by atoms with Gasteiger partial charge in [-0.25, -0.2) is 10.0 Å². The molecule has 3 aliphatic rings. The second-order valence-corrected chi connectivity index (χ2v) is 7.16. The highest BCUT2D eigenvalue weighted by molar-refractivity contribution is 8.13. The molecule has 0 amide bonds. The van der Waals surface area contributed by atoms with Crippen LogP contribution >= 0.6 is 23.4 Å². The van der Waals surface area contributed by atoms with Crippen molar-refractivity contribution in [2.45, 2.75) is 11.9 Å². The summed E-state index contributed by atoms with van der Waals surface area (Å²) in [5.41, 5.74) is 6.88. The van der Waals surface area contributed by atoms with Gasteiger partial charge in [0.15, 0.2) is 5.17 Å². The summed E-state index contributed by atoms with van der Waals surface area (Å²) in [7, 11) is 0.